The second kappa shape index (κ2) is 6.22. The van der Waals surface area contributed by atoms with Crippen molar-refractivity contribution in [1.29, 1.82) is 5.26 Å². The van der Waals surface area contributed by atoms with Crippen molar-refractivity contribution in [3.8, 4) is 17.5 Å². The van der Waals surface area contributed by atoms with Gasteiger partial charge in [0.05, 0.1) is 15.6 Å². The van der Waals surface area contributed by atoms with Crippen LogP contribution in [0.2, 0.25) is 10.0 Å². The fourth-order valence-electron chi connectivity index (χ4n) is 1.96. The maximum atomic E-state index is 12.3. The molecule has 0 radical (unpaired) electrons. The second-order valence-corrected chi connectivity index (χ2v) is 5.29. The number of nitrogen functional groups attached to an aromatic ring is 1. The Balaban J connectivity index is 2.63. The first-order chi connectivity index (χ1) is 11.0. The Morgan fingerprint density at radius 1 is 1.38 bits per heavy atom. The molecule has 11 heteroatoms. The molecule has 0 unspecified atom stereocenters. The van der Waals surface area contributed by atoms with E-state index in [1.807, 2.05) is 0 Å². The summed E-state index contributed by atoms with van der Waals surface area (Å²) in [5.41, 5.74) is 5.30. The lowest BCUT2D eigenvalue weighted by Crippen LogP contribution is -2.17. The second-order valence-electron chi connectivity index (χ2n) is 4.47. The molecule has 2 rings (SSSR count). The van der Waals surface area contributed by atoms with Crippen LogP contribution >= 0.6 is 23.2 Å². The van der Waals surface area contributed by atoms with Gasteiger partial charge in [-0.3, -0.25) is 4.79 Å². The Hall–Kier alpha value is -2.44. The van der Waals surface area contributed by atoms with Crippen LogP contribution in [0.5, 0.6) is 5.75 Å². The minimum Gasteiger partial charge on any atom is -0.406 e. The maximum absolute atomic E-state index is 12.3. The topological polar surface area (TPSA) is 93.9 Å². The number of hydrogen-bond donors (Lipinski definition) is 1. The molecule has 0 saturated heterocycles. The van der Waals surface area contributed by atoms with Gasteiger partial charge in [0, 0.05) is 12.1 Å². The molecule has 0 spiro atoms. The van der Waals surface area contributed by atoms with Gasteiger partial charge in [-0.05, 0) is 6.92 Å². The SMILES string of the molecule is CC(=O)c1c(C#N)nn(-c2c(Cl)cc(OC(F)(F)F)cc2Cl)c1N. The molecule has 0 aliphatic rings. The van der Waals surface area contributed by atoms with Crippen molar-refractivity contribution in [2.75, 3.05) is 5.73 Å². The first kappa shape index (κ1) is 17.9. The normalized spacial score (nSPS) is 11.2. The summed E-state index contributed by atoms with van der Waals surface area (Å²) < 4.78 is 41.4. The lowest BCUT2D eigenvalue weighted by Gasteiger charge is -2.13. The number of alkyl halides is 3. The lowest BCUT2D eigenvalue weighted by molar-refractivity contribution is -0.274. The first-order valence-electron chi connectivity index (χ1n) is 6.10. The van der Waals surface area contributed by atoms with Crippen LogP contribution in [0.25, 0.3) is 5.69 Å². The molecule has 0 amide bonds. The van der Waals surface area contributed by atoms with Gasteiger partial charge in [0.25, 0.3) is 0 Å². The summed E-state index contributed by atoms with van der Waals surface area (Å²) in [6.45, 7) is 1.18. The molecule has 0 fully saturated rings. The summed E-state index contributed by atoms with van der Waals surface area (Å²) in [4.78, 5) is 11.6. The predicted octanol–water partition coefficient (Wildman–Crippen LogP) is 3.73. The minimum atomic E-state index is -4.92. The van der Waals surface area contributed by atoms with E-state index in [0.29, 0.717) is 0 Å². The standard InChI is InChI=1S/C13H7Cl2F3N4O2/c1-5(23)10-9(4-19)21-22(12(10)20)11-7(14)2-6(3-8(11)15)24-13(16,17)18/h2-3H,20H2,1H3. The van der Waals surface area contributed by atoms with Crippen molar-refractivity contribution in [2.24, 2.45) is 0 Å². The van der Waals surface area contributed by atoms with Crippen molar-refractivity contribution < 1.29 is 22.7 Å². The van der Waals surface area contributed by atoms with Crippen LogP contribution in [0.4, 0.5) is 19.0 Å². The molecule has 2 N–H and O–H groups in total. The van der Waals surface area contributed by atoms with E-state index in [1.165, 1.54) is 6.92 Å². The number of nitrogens with two attached hydrogens (primary N) is 1. The number of aromatic nitrogens is 2. The monoisotopic (exact) mass is 378 g/mol. The van der Waals surface area contributed by atoms with Crippen LogP contribution in [0.1, 0.15) is 23.0 Å². The van der Waals surface area contributed by atoms with E-state index in [1.54, 1.807) is 6.07 Å². The zero-order chi connectivity index (χ0) is 18.2. The highest BCUT2D eigenvalue weighted by molar-refractivity contribution is 6.38. The molecule has 0 atom stereocenters. The van der Waals surface area contributed by atoms with Crippen molar-refractivity contribution in [1.82, 2.24) is 9.78 Å². The Bertz CT molecular complexity index is 848. The van der Waals surface area contributed by atoms with Gasteiger partial charge in [-0.15, -0.1) is 13.2 Å². The molecule has 0 aliphatic carbocycles. The number of rotatable bonds is 3. The van der Waals surface area contributed by atoms with E-state index >= 15 is 0 Å². The van der Waals surface area contributed by atoms with Crippen LogP contribution in [0, 0.1) is 11.3 Å². The van der Waals surface area contributed by atoms with Gasteiger partial charge in [0.2, 0.25) is 0 Å². The third-order valence-electron chi connectivity index (χ3n) is 2.81. The fourth-order valence-corrected chi connectivity index (χ4v) is 2.59. The lowest BCUT2D eigenvalue weighted by atomic mass is 10.2. The number of benzene rings is 1. The fraction of sp³-hybridized carbons (Fsp3) is 0.154. The largest absolute Gasteiger partial charge is 0.573 e. The van der Waals surface area contributed by atoms with Crippen molar-refractivity contribution >= 4 is 34.8 Å². The zero-order valence-corrected chi connectivity index (χ0v) is 13.3. The first-order valence-corrected chi connectivity index (χ1v) is 6.85. The average molecular weight is 379 g/mol. The zero-order valence-electron chi connectivity index (χ0n) is 11.8. The number of nitrogens with zero attached hydrogens (tertiary/aromatic N) is 3. The van der Waals surface area contributed by atoms with E-state index in [-0.39, 0.29) is 32.8 Å². The van der Waals surface area contributed by atoms with Crippen LogP contribution in [-0.2, 0) is 0 Å². The van der Waals surface area contributed by atoms with Crippen LogP contribution in [0.15, 0.2) is 12.1 Å². The van der Waals surface area contributed by atoms with Crippen LogP contribution < -0.4 is 10.5 Å². The number of nitriles is 1. The Morgan fingerprint density at radius 2 is 1.92 bits per heavy atom. The van der Waals surface area contributed by atoms with Crippen molar-refractivity contribution in [3.05, 3.63) is 33.4 Å². The summed E-state index contributed by atoms with van der Waals surface area (Å²) >= 11 is 11.9. The predicted molar refractivity (Wildman–Crippen MR) is 79.4 cm³/mol. The highest BCUT2D eigenvalue weighted by atomic mass is 35.5. The molecule has 2 aromatic rings. The van der Waals surface area contributed by atoms with Gasteiger partial charge in [-0.25, -0.2) is 4.68 Å². The number of carbonyl (C=O) groups excluding carboxylic acids is 1. The molecule has 126 valence electrons. The smallest absolute Gasteiger partial charge is 0.406 e. The number of carbonyl (C=O) groups is 1. The highest BCUT2D eigenvalue weighted by Crippen LogP contribution is 2.37. The quantitative estimate of drug-likeness (QED) is 0.821. The Kier molecular flexibility index (Phi) is 4.64. The Labute approximate surface area is 143 Å². The summed E-state index contributed by atoms with van der Waals surface area (Å²) in [5, 5.41) is 12.3. The summed E-state index contributed by atoms with van der Waals surface area (Å²) in [6, 6.07) is 3.41. The average Bonchev–Trinajstić information content (AvgIpc) is 2.73. The maximum Gasteiger partial charge on any atom is 0.573 e. The molecule has 0 saturated carbocycles. The summed E-state index contributed by atoms with van der Waals surface area (Å²) in [5.74, 6) is -1.37. The number of ketones is 1. The van der Waals surface area contributed by atoms with Crippen molar-refractivity contribution in [3.63, 3.8) is 0 Å². The van der Waals surface area contributed by atoms with Crippen LogP contribution in [-0.4, -0.2) is 21.9 Å². The van der Waals surface area contributed by atoms with Gasteiger partial charge in [0.1, 0.15) is 23.3 Å². The molecule has 24 heavy (non-hydrogen) atoms. The minimum absolute atomic E-state index is 0.0886. The molecule has 6 nitrogen and oxygen atoms in total. The van der Waals surface area contributed by atoms with Gasteiger partial charge in [0.15, 0.2) is 11.5 Å². The highest BCUT2D eigenvalue weighted by Gasteiger charge is 2.32. The summed E-state index contributed by atoms with van der Waals surface area (Å²) in [6.07, 6.45) is -4.92. The number of anilines is 1. The van der Waals surface area contributed by atoms with E-state index in [2.05, 4.69) is 9.84 Å². The molecule has 0 bridgehead atoms. The summed E-state index contributed by atoms with van der Waals surface area (Å²) in [7, 11) is 0. The van der Waals surface area contributed by atoms with Crippen molar-refractivity contribution in [2.45, 2.75) is 13.3 Å². The molecule has 1 aromatic carbocycles. The third kappa shape index (κ3) is 3.39. The number of ether oxygens (including phenoxy) is 1. The van der Waals surface area contributed by atoms with E-state index in [0.717, 1.165) is 16.8 Å². The van der Waals surface area contributed by atoms with E-state index < -0.39 is 17.9 Å². The number of hydrogen-bond acceptors (Lipinski definition) is 5. The molecule has 1 heterocycles. The van der Waals surface area contributed by atoms with Gasteiger partial charge in [-0.2, -0.15) is 10.4 Å². The van der Waals surface area contributed by atoms with Crippen LogP contribution in [0.3, 0.4) is 0 Å². The molecular formula is C13H7Cl2F3N4O2. The van der Waals surface area contributed by atoms with E-state index in [4.69, 9.17) is 34.2 Å². The Morgan fingerprint density at radius 3 is 2.29 bits per heavy atom. The van der Waals surface area contributed by atoms with Gasteiger partial charge in [-0.1, -0.05) is 23.2 Å². The van der Waals surface area contributed by atoms with E-state index in [9.17, 15) is 18.0 Å². The molecule has 0 aliphatic heterocycles. The molecule has 1 aromatic heterocycles. The van der Waals surface area contributed by atoms with Gasteiger partial charge < -0.3 is 10.5 Å². The number of Topliss-reactive ketones (excluding diaryl/α,β-unsaturated/α-hetero) is 1. The third-order valence-corrected chi connectivity index (χ3v) is 3.39. The van der Waals surface area contributed by atoms with Gasteiger partial charge >= 0.3 is 6.36 Å². The number of halogens is 5. The molecular weight excluding hydrogens is 372 g/mol.